The Hall–Kier alpha value is -1.91. The molecule has 4 heteroatoms. The molecule has 0 amide bonds. The fourth-order valence-corrected chi connectivity index (χ4v) is 1.91. The Morgan fingerprint density at radius 2 is 1.80 bits per heavy atom. The summed E-state index contributed by atoms with van der Waals surface area (Å²) in [5.41, 5.74) is 8.41. The molecule has 0 fully saturated rings. The van der Waals surface area contributed by atoms with Gasteiger partial charge in [0.2, 0.25) is 0 Å². The van der Waals surface area contributed by atoms with Gasteiger partial charge in [0.05, 0.1) is 6.61 Å². The van der Waals surface area contributed by atoms with Crippen LogP contribution in [0.1, 0.15) is 29.7 Å². The highest BCUT2D eigenvalue weighted by Crippen LogP contribution is 2.25. The summed E-state index contributed by atoms with van der Waals surface area (Å²) in [4.78, 5) is 0. The summed E-state index contributed by atoms with van der Waals surface area (Å²) in [6.07, 6.45) is 0. The van der Waals surface area contributed by atoms with Crippen LogP contribution >= 0.6 is 0 Å². The predicted octanol–water partition coefficient (Wildman–Crippen LogP) is 2.92. The second kappa shape index (κ2) is 6.50. The molecule has 0 aliphatic rings. The van der Waals surface area contributed by atoms with Gasteiger partial charge in [-0.3, -0.25) is 0 Å². The standard InChI is InChI=1S/C16H18FNO2/c1-11(18)15-7-6-14(17)8-16(15)20-10-13-4-2-12(9-19)3-5-13/h2-8,11,19H,9-10,18H2,1H3/t11-/m0/s1. The molecule has 2 aromatic rings. The Bertz CT molecular complexity index is 567. The average molecular weight is 275 g/mol. The van der Waals surface area contributed by atoms with Gasteiger partial charge in [0, 0.05) is 17.7 Å². The molecule has 2 aromatic carbocycles. The van der Waals surface area contributed by atoms with E-state index in [0.717, 1.165) is 16.7 Å². The lowest BCUT2D eigenvalue weighted by molar-refractivity contribution is 0.281. The average Bonchev–Trinajstić information content (AvgIpc) is 2.45. The van der Waals surface area contributed by atoms with Crippen LogP contribution < -0.4 is 10.5 Å². The van der Waals surface area contributed by atoms with E-state index in [1.54, 1.807) is 6.07 Å². The van der Waals surface area contributed by atoms with Crippen molar-refractivity contribution in [2.75, 3.05) is 0 Å². The van der Waals surface area contributed by atoms with Gasteiger partial charge in [-0.15, -0.1) is 0 Å². The largest absolute Gasteiger partial charge is 0.488 e. The Morgan fingerprint density at radius 3 is 2.40 bits per heavy atom. The van der Waals surface area contributed by atoms with Gasteiger partial charge in [-0.1, -0.05) is 30.3 Å². The summed E-state index contributed by atoms with van der Waals surface area (Å²) in [7, 11) is 0. The molecule has 0 heterocycles. The van der Waals surface area contributed by atoms with Crippen molar-refractivity contribution >= 4 is 0 Å². The van der Waals surface area contributed by atoms with E-state index in [-0.39, 0.29) is 18.5 Å². The Kier molecular flexibility index (Phi) is 4.71. The van der Waals surface area contributed by atoms with E-state index in [1.165, 1.54) is 12.1 Å². The molecule has 20 heavy (non-hydrogen) atoms. The summed E-state index contributed by atoms with van der Waals surface area (Å²) in [6.45, 7) is 2.17. The number of nitrogens with two attached hydrogens (primary N) is 1. The molecule has 0 saturated heterocycles. The van der Waals surface area contributed by atoms with Crippen molar-refractivity contribution in [2.45, 2.75) is 26.2 Å². The first-order valence-corrected chi connectivity index (χ1v) is 6.46. The fraction of sp³-hybridized carbons (Fsp3) is 0.250. The van der Waals surface area contributed by atoms with E-state index >= 15 is 0 Å². The number of benzene rings is 2. The lowest BCUT2D eigenvalue weighted by Crippen LogP contribution is -2.08. The highest BCUT2D eigenvalue weighted by Gasteiger charge is 2.09. The SMILES string of the molecule is C[C@H](N)c1ccc(F)cc1OCc1ccc(CO)cc1. The van der Waals surface area contributed by atoms with Gasteiger partial charge in [0.25, 0.3) is 0 Å². The van der Waals surface area contributed by atoms with Crippen LogP contribution in [-0.2, 0) is 13.2 Å². The van der Waals surface area contributed by atoms with Gasteiger partial charge in [0.15, 0.2) is 0 Å². The molecule has 0 bridgehead atoms. The quantitative estimate of drug-likeness (QED) is 0.882. The molecular formula is C16H18FNO2. The maximum absolute atomic E-state index is 13.3. The molecule has 0 spiro atoms. The van der Waals surface area contributed by atoms with Crippen molar-refractivity contribution < 1.29 is 14.2 Å². The third-order valence-corrected chi connectivity index (χ3v) is 3.07. The van der Waals surface area contributed by atoms with Crippen molar-refractivity contribution in [2.24, 2.45) is 5.73 Å². The summed E-state index contributed by atoms with van der Waals surface area (Å²) in [6, 6.07) is 11.6. The number of hydrogen-bond donors (Lipinski definition) is 2. The zero-order valence-corrected chi connectivity index (χ0v) is 11.3. The van der Waals surface area contributed by atoms with Crippen LogP contribution in [0.25, 0.3) is 0 Å². The first-order chi connectivity index (χ1) is 9.60. The van der Waals surface area contributed by atoms with Crippen molar-refractivity contribution in [3.8, 4) is 5.75 Å². The minimum absolute atomic E-state index is 0.0138. The Labute approximate surface area is 117 Å². The van der Waals surface area contributed by atoms with Crippen molar-refractivity contribution in [1.82, 2.24) is 0 Å². The fourth-order valence-electron chi connectivity index (χ4n) is 1.91. The molecule has 0 aliphatic heterocycles. The normalized spacial score (nSPS) is 12.2. The van der Waals surface area contributed by atoms with E-state index in [4.69, 9.17) is 15.6 Å². The van der Waals surface area contributed by atoms with Crippen molar-refractivity contribution in [3.63, 3.8) is 0 Å². The third kappa shape index (κ3) is 3.56. The zero-order chi connectivity index (χ0) is 14.5. The molecule has 2 rings (SSSR count). The third-order valence-electron chi connectivity index (χ3n) is 3.07. The van der Waals surface area contributed by atoms with E-state index in [1.807, 2.05) is 31.2 Å². The smallest absolute Gasteiger partial charge is 0.127 e. The van der Waals surface area contributed by atoms with Crippen LogP contribution in [0.2, 0.25) is 0 Å². The predicted molar refractivity (Wildman–Crippen MR) is 75.7 cm³/mol. The van der Waals surface area contributed by atoms with Crippen LogP contribution in [0.15, 0.2) is 42.5 Å². The lowest BCUT2D eigenvalue weighted by atomic mass is 10.1. The van der Waals surface area contributed by atoms with Crippen molar-refractivity contribution in [3.05, 3.63) is 65.0 Å². The topological polar surface area (TPSA) is 55.5 Å². The van der Waals surface area contributed by atoms with E-state index < -0.39 is 0 Å². The number of aliphatic hydroxyl groups is 1. The molecule has 0 radical (unpaired) electrons. The summed E-state index contributed by atoms with van der Waals surface area (Å²) < 4.78 is 18.9. The summed E-state index contributed by atoms with van der Waals surface area (Å²) in [5, 5.41) is 8.98. The molecule has 1 atom stereocenters. The molecule has 0 unspecified atom stereocenters. The highest BCUT2D eigenvalue weighted by atomic mass is 19.1. The van der Waals surface area contributed by atoms with Crippen LogP contribution in [0.4, 0.5) is 4.39 Å². The molecule has 0 aromatic heterocycles. The van der Waals surface area contributed by atoms with Gasteiger partial charge in [-0.05, 0) is 24.1 Å². The molecule has 0 saturated carbocycles. The first-order valence-electron chi connectivity index (χ1n) is 6.46. The Morgan fingerprint density at radius 1 is 1.15 bits per heavy atom. The van der Waals surface area contributed by atoms with Gasteiger partial charge in [-0.2, -0.15) is 0 Å². The van der Waals surface area contributed by atoms with Crippen molar-refractivity contribution in [1.29, 1.82) is 0 Å². The number of hydrogen-bond acceptors (Lipinski definition) is 3. The van der Waals surface area contributed by atoms with E-state index in [9.17, 15) is 4.39 Å². The van der Waals surface area contributed by atoms with Gasteiger partial charge in [-0.25, -0.2) is 4.39 Å². The second-order valence-corrected chi connectivity index (χ2v) is 4.73. The first kappa shape index (κ1) is 14.5. The summed E-state index contributed by atoms with van der Waals surface area (Å²) in [5.74, 6) is 0.117. The molecular weight excluding hydrogens is 257 g/mol. The maximum atomic E-state index is 13.3. The van der Waals surface area contributed by atoms with Crippen LogP contribution in [0.5, 0.6) is 5.75 Å². The number of ether oxygens (including phenoxy) is 1. The van der Waals surface area contributed by atoms with Crippen LogP contribution in [0.3, 0.4) is 0 Å². The molecule has 0 aliphatic carbocycles. The summed E-state index contributed by atoms with van der Waals surface area (Å²) >= 11 is 0. The number of halogens is 1. The number of aliphatic hydroxyl groups excluding tert-OH is 1. The van der Waals surface area contributed by atoms with E-state index in [2.05, 4.69) is 0 Å². The monoisotopic (exact) mass is 275 g/mol. The second-order valence-electron chi connectivity index (χ2n) is 4.73. The molecule has 3 N–H and O–H groups in total. The number of rotatable bonds is 5. The Balaban J connectivity index is 2.11. The minimum atomic E-state index is -0.347. The van der Waals surface area contributed by atoms with Crippen LogP contribution in [-0.4, -0.2) is 5.11 Å². The molecule has 3 nitrogen and oxygen atoms in total. The van der Waals surface area contributed by atoms with Gasteiger partial charge >= 0.3 is 0 Å². The lowest BCUT2D eigenvalue weighted by Gasteiger charge is -2.14. The van der Waals surface area contributed by atoms with Gasteiger partial charge < -0.3 is 15.6 Å². The van der Waals surface area contributed by atoms with E-state index in [0.29, 0.717) is 12.4 Å². The van der Waals surface area contributed by atoms with Gasteiger partial charge in [0.1, 0.15) is 18.2 Å². The zero-order valence-electron chi connectivity index (χ0n) is 11.3. The maximum Gasteiger partial charge on any atom is 0.127 e. The van der Waals surface area contributed by atoms with Crippen LogP contribution in [0, 0.1) is 5.82 Å². The highest BCUT2D eigenvalue weighted by molar-refractivity contribution is 5.36. The minimum Gasteiger partial charge on any atom is -0.488 e. The molecule has 106 valence electrons.